The topological polar surface area (TPSA) is 36.4 Å². The van der Waals surface area contributed by atoms with E-state index in [1.54, 1.807) is 0 Å². The van der Waals surface area contributed by atoms with Crippen molar-refractivity contribution in [2.75, 3.05) is 0 Å². The van der Waals surface area contributed by atoms with Crippen LogP contribution in [0.1, 0.15) is 40.1 Å². The predicted molar refractivity (Wildman–Crippen MR) is 228 cm³/mol. The van der Waals surface area contributed by atoms with Crippen LogP contribution in [-0.2, 0) is 0 Å². The van der Waals surface area contributed by atoms with Crippen molar-refractivity contribution in [2.24, 2.45) is 4.99 Å². The van der Waals surface area contributed by atoms with Gasteiger partial charge in [-0.25, -0.2) is 4.99 Å². The molecule has 1 heterocycles. The molecule has 0 aliphatic carbocycles. The SMILES string of the molecule is Cc1ccc2cc(C3N=C(c4cc(-c5cccc6ccccc56)cc(-c5cccc6ccccc56)c4)NC(c4ccc5cc(C)ccc5c4)N3)ccc2c1. The summed E-state index contributed by atoms with van der Waals surface area (Å²) >= 11 is 0. The third-order valence-corrected chi connectivity index (χ3v) is 11.0. The summed E-state index contributed by atoms with van der Waals surface area (Å²) in [5.74, 6) is 0.861. The van der Waals surface area contributed by atoms with E-state index in [1.165, 1.54) is 70.9 Å². The van der Waals surface area contributed by atoms with E-state index in [4.69, 9.17) is 4.99 Å². The number of aryl methyl sites for hydroxylation is 2. The lowest BCUT2D eigenvalue weighted by Crippen LogP contribution is -2.45. The maximum atomic E-state index is 5.48. The Bertz CT molecular complexity index is 2830. The van der Waals surface area contributed by atoms with Crippen LogP contribution >= 0.6 is 0 Å². The molecule has 0 saturated heterocycles. The standard InChI is InChI=1S/C51H39N3/c1-32-17-19-38-27-40(23-21-36(38)25-32)49-52-50(41-24-22-37-26-33(2)18-20-39(37)28-41)54-51(53-49)44-30-42(47-15-7-11-34-9-3-5-13-45(34)47)29-43(31-44)48-16-8-12-35-10-4-6-14-46(35)48/h3-31,49-50,52H,1-2H3,(H,53,54). The van der Waals surface area contributed by atoms with Gasteiger partial charge in [-0.2, -0.15) is 0 Å². The molecule has 1 aliphatic heterocycles. The minimum atomic E-state index is -0.270. The molecule has 0 bridgehead atoms. The van der Waals surface area contributed by atoms with Gasteiger partial charge in [0.05, 0.1) is 0 Å². The molecule has 9 aromatic carbocycles. The molecule has 2 atom stereocenters. The van der Waals surface area contributed by atoms with Crippen LogP contribution < -0.4 is 10.6 Å². The zero-order valence-corrected chi connectivity index (χ0v) is 30.3. The van der Waals surface area contributed by atoms with Crippen LogP contribution in [0.5, 0.6) is 0 Å². The average molecular weight is 694 g/mol. The third kappa shape index (κ3) is 5.89. The number of hydrogen-bond donors (Lipinski definition) is 2. The number of nitrogens with one attached hydrogen (secondary N) is 2. The van der Waals surface area contributed by atoms with E-state index in [0.717, 1.165) is 28.1 Å². The molecule has 0 spiro atoms. The van der Waals surface area contributed by atoms with Gasteiger partial charge in [-0.1, -0.05) is 157 Å². The second kappa shape index (κ2) is 13.1. The summed E-state index contributed by atoms with van der Waals surface area (Å²) < 4.78 is 0. The van der Waals surface area contributed by atoms with Crippen LogP contribution in [0.25, 0.3) is 65.3 Å². The van der Waals surface area contributed by atoms with Crippen LogP contribution in [0.4, 0.5) is 0 Å². The van der Waals surface area contributed by atoms with E-state index in [9.17, 15) is 0 Å². The second-order valence-corrected chi connectivity index (χ2v) is 14.7. The fraction of sp³-hybridized carbons (Fsp3) is 0.0784. The fourth-order valence-corrected chi connectivity index (χ4v) is 8.19. The van der Waals surface area contributed by atoms with E-state index >= 15 is 0 Å². The molecule has 2 N–H and O–H groups in total. The fourth-order valence-electron chi connectivity index (χ4n) is 8.19. The zero-order valence-electron chi connectivity index (χ0n) is 30.3. The van der Waals surface area contributed by atoms with Crippen molar-refractivity contribution < 1.29 is 0 Å². The molecule has 0 radical (unpaired) electrons. The van der Waals surface area contributed by atoms with Crippen molar-refractivity contribution >= 4 is 48.9 Å². The van der Waals surface area contributed by atoms with Crippen molar-refractivity contribution in [1.82, 2.24) is 10.6 Å². The van der Waals surface area contributed by atoms with Gasteiger partial charge in [0, 0.05) is 5.56 Å². The predicted octanol–water partition coefficient (Wildman–Crippen LogP) is 12.6. The van der Waals surface area contributed by atoms with Gasteiger partial charge in [0.1, 0.15) is 18.2 Å². The molecule has 0 fully saturated rings. The molecule has 0 amide bonds. The highest BCUT2D eigenvalue weighted by atomic mass is 15.3. The Morgan fingerprint density at radius 1 is 0.407 bits per heavy atom. The van der Waals surface area contributed by atoms with Crippen LogP contribution in [0.2, 0.25) is 0 Å². The zero-order chi connectivity index (χ0) is 36.2. The van der Waals surface area contributed by atoms with Gasteiger partial charge in [0.25, 0.3) is 0 Å². The van der Waals surface area contributed by atoms with Crippen LogP contribution in [-0.4, -0.2) is 5.84 Å². The minimum absolute atomic E-state index is 0.177. The highest BCUT2D eigenvalue weighted by molar-refractivity contribution is 6.06. The molecule has 1 aliphatic rings. The smallest absolute Gasteiger partial charge is 0.131 e. The van der Waals surface area contributed by atoms with Gasteiger partial charge < -0.3 is 5.32 Å². The average Bonchev–Trinajstić information content (AvgIpc) is 3.22. The number of benzene rings is 9. The first-order chi connectivity index (χ1) is 26.5. The first-order valence-corrected chi connectivity index (χ1v) is 18.8. The third-order valence-electron chi connectivity index (χ3n) is 11.0. The largest absolute Gasteiger partial charge is 0.350 e. The molecular weight excluding hydrogens is 655 g/mol. The Morgan fingerprint density at radius 3 is 1.50 bits per heavy atom. The van der Waals surface area contributed by atoms with E-state index < -0.39 is 0 Å². The van der Waals surface area contributed by atoms with Crippen LogP contribution in [0, 0.1) is 13.8 Å². The minimum Gasteiger partial charge on any atom is -0.350 e. The Kier molecular flexibility index (Phi) is 7.82. The highest BCUT2D eigenvalue weighted by Gasteiger charge is 2.27. The molecule has 9 aromatic rings. The lowest BCUT2D eigenvalue weighted by Gasteiger charge is -2.32. The Labute approximate surface area is 315 Å². The summed E-state index contributed by atoms with van der Waals surface area (Å²) in [6.45, 7) is 4.29. The summed E-state index contributed by atoms with van der Waals surface area (Å²) in [5, 5.41) is 17.6. The lowest BCUT2D eigenvalue weighted by molar-refractivity contribution is 0.409. The van der Waals surface area contributed by atoms with E-state index in [1.807, 2.05) is 0 Å². The number of hydrogen-bond acceptors (Lipinski definition) is 3. The molecule has 2 unspecified atom stereocenters. The highest BCUT2D eigenvalue weighted by Crippen LogP contribution is 2.37. The summed E-state index contributed by atoms with van der Waals surface area (Å²) in [6, 6.07) is 64.3. The van der Waals surface area contributed by atoms with Gasteiger partial charge in [0.15, 0.2) is 0 Å². The summed E-state index contributed by atoms with van der Waals surface area (Å²) in [7, 11) is 0. The van der Waals surface area contributed by atoms with E-state index in [2.05, 4.69) is 200 Å². The summed E-state index contributed by atoms with van der Waals surface area (Å²) in [4.78, 5) is 5.48. The van der Waals surface area contributed by atoms with Crippen molar-refractivity contribution in [1.29, 1.82) is 0 Å². The number of nitrogens with zero attached hydrogens (tertiary/aromatic N) is 1. The lowest BCUT2D eigenvalue weighted by atomic mass is 9.91. The summed E-state index contributed by atoms with van der Waals surface area (Å²) in [6.07, 6.45) is -0.447. The molecule has 54 heavy (non-hydrogen) atoms. The molecule has 0 aromatic heterocycles. The number of fused-ring (bicyclic) bond motifs is 4. The maximum Gasteiger partial charge on any atom is 0.131 e. The van der Waals surface area contributed by atoms with Gasteiger partial charge in [-0.05, 0) is 121 Å². The molecule has 10 rings (SSSR count). The molecular formula is C51H39N3. The normalized spacial score (nSPS) is 15.8. The summed E-state index contributed by atoms with van der Waals surface area (Å²) in [5.41, 5.74) is 10.6. The first-order valence-electron chi connectivity index (χ1n) is 18.8. The monoisotopic (exact) mass is 693 g/mol. The number of aliphatic imine (C=N–C) groups is 1. The molecule has 0 saturated carbocycles. The van der Waals surface area contributed by atoms with Gasteiger partial charge in [0.2, 0.25) is 0 Å². The Morgan fingerprint density at radius 2 is 0.889 bits per heavy atom. The second-order valence-electron chi connectivity index (χ2n) is 14.7. The van der Waals surface area contributed by atoms with Crippen molar-refractivity contribution in [3.05, 3.63) is 204 Å². The quantitative estimate of drug-likeness (QED) is 0.188. The van der Waals surface area contributed by atoms with Gasteiger partial charge in [-0.3, -0.25) is 5.32 Å². The molecule has 258 valence electrons. The molecule has 3 heteroatoms. The molecule has 3 nitrogen and oxygen atoms in total. The van der Waals surface area contributed by atoms with Gasteiger partial charge >= 0.3 is 0 Å². The number of amidine groups is 1. The van der Waals surface area contributed by atoms with Crippen molar-refractivity contribution in [3.63, 3.8) is 0 Å². The van der Waals surface area contributed by atoms with Crippen molar-refractivity contribution in [2.45, 2.75) is 26.2 Å². The van der Waals surface area contributed by atoms with Crippen LogP contribution in [0.3, 0.4) is 0 Å². The van der Waals surface area contributed by atoms with Crippen molar-refractivity contribution in [3.8, 4) is 22.3 Å². The van der Waals surface area contributed by atoms with E-state index in [-0.39, 0.29) is 12.3 Å². The number of rotatable bonds is 5. The van der Waals surface area contributed by atoms with Gasteiger partial charge in [-0.15, -0.1) is 0 Å². The van der Waals surface area contributed by atoms with Crippen LogP contribution in [0.15, 0.2) is 181 Å². The first kappa shape index (κ1) is 32.1. The van der Waals surface area contributed by atoms with E-state index in [0.29, 0.717) is 0 Å². The Hall–Kier alpha value is -6.55. The Balaban J connectivity index is 1.17. The maximum absolute atomic E-state index is 5.48.